The Hall–Kier alpha value is -5.90. The van der Waals surface area contributed by atoms with E-state index in [9.17, 15) is 9.59 Å². The lowest BCUT2D eigenvalue weighted by Crippen LogP contribution is -2.55. The number of likely N-dealkylation sites (N-methyl/N-ethyl adjacent to an activating group) is 2. The number of thiophene rings is 1. The van der Waals surface area contributed by atoms with Crippen molar-refractivity contribution in [2.75, 3.05) is 89.5 Å². The van der Waals surface area contributed by atoms with E-state index in [-0.39, 0.29) is 40.8 Å². The number of hydrogen-bond acceptors (Lipinski definition) is 13. The molecule has 14 nitrogen and oxygen atoms in total. The number of rotatable bonds is 16. The maximum absolute atomic E-state index is 13.1. The highest BCUT2D eigenvalue weighted by molar-refractivity contribution is 7.10. The molecule has 7 heterocycles. The summed E-state index contributed by atoms with van der Waals surface area (Å²) in [5.74, 6) is 2.39. The summed E-state index contributed by atoms with van der Waals surface area (Å²) >= 11 is 1.92. The lowest BCUT2D eigenvalue weighted by Gasteiger charge is -2.45. The summed E-state index contributed by atoms with van der Waals surface area (Å²) in [5, 5.41) is 2.27. The number of ether oxygens (including phenoxy) is 2. The number of nitrogens with zero attached hydrogens (tertiary/aromatic N) is 10. The first-order valence-electron chi connectivity index (χ1n) is 30.6. The highest BCUT2D eigenvalue weighted by Crippen LogP contribution is 2.50. The maximum atomic E-state index is 13.1. The molecule has 2 amide bonds. The molecule has 430 valence electrons. The molecule has 2 spiro atoms. The Morgan fingerprint density at radius 1 is 0.679 bits per heavy atom. The van der Waals surface area contributed by atoms with Crippen LogP contribution in [0.15, 0.2) is 79.8 Å². The fourth-order valence-electron chi connectivity index (χ4n) is 15.8. The van der Waals surface area contributed by atoms with Crippen LogP contribution in [-0.2, 0) is 61.0 Å². The van der Waals surface area contributed by atoms with Crippen LogP contribution in [0.1, 0.15) is 127 Å². The first-order valence-corrected chi connectivity index (χ1v) is 31.5. The van der Waals surface area contributed by atoms with Crippen LogP contribution in [0.2, 0.25) is 0 Å². The fraction of sp³-hybridized carbons (Fsp3) is 0.576. The quantitative estimate of drug-likeness (QED) is 0.0785. The average molecular weight is 1120 g/mol. The van der Waals surface area contributed by atoms with E-state index in [0.29, 0.717) is 76.5 Å². The lowest BCUT2D eigenvalue weighted by atomic mass is 9.62. The number of hydrogen-bond donors (Lipinski definition) is 0. The van der Waals surface area contributed by atoms with Crippen LogP contribution >= 0.6 is 11.3 Å². The second-order valence-electron chi connectivity index (χ2n) is 25.3. The van der Waals surface area contributed by atoms with Crippen LogP contribution in [0.25, 0.3) is 0 Å². The van der Waals surface area contributed by atoms with E-state index in [1.165, 1.54) is 52.8 Å². The second kappa shape index (κ2) is 23.8. The standard InChI is InChI=1S/C66H86N10O4S/c1-7-11-16-48-41-73(30-32-75(48)59(77)9-3)61-54-22-27-65(37-56(54)67-63(69-61)79-43-50-18-14-29-71(50)5)26-21-53-46(36-65)15-13-19-52(53)47-35-51(72(6)40-47)44-80-64-68-57-38-66(25-20-45-24-34-81-58(45)39-66)28-23-55(57)62(70-64)74-31-33-76(60(78)10-4)49(42-74)17-12-8-2/h7-11,13,15,19,24,34,47-51H,2-4,12,14,16-18,20-23,25-33,35-44H2,1,5-6H3/b11-7-. The molecule has 7 atom stereocenters. The first kappa shape index (κ1) is 55.6. The molecule has 81 heavy (non-hydrogen) atoms. The molecule has 0 N–H and O–H groups in total. The van der Waals surface area contributed by atoms with Gasteiger partial charge in [-0.05, 0) is 206 Å². The fourth-order valence-corrected chi connectivity index (χ4v) is 16.9. The molecule has 0 radical (unpaired) electrons. The van der Waals surface area contributed by atoms with E-state index in [0.717, 1.165) is 139 Å². The van der Waals surface area contributed by atoms with Gasteiger partial charge in [-0.15, -0.1) is 17.9 Å². The number of benzene rings is 1. The van der Waals surface area contributed by atoms with Gasteiger partial charge >= 0.3 is 12.0 Å². The van der Waals surface area contributed by atoms with Crippen LogP contribution in [-0.4, -0.2) is 155 Å². The molecule has 4 aliphatic carbocycles. The van der Waals surface area contributed by atoms with Crippen molar-refractivity contribution in [3.05, 3.63) is 129 Å². The van der Waals surface area contributed by atoms with Gasteiger partial charge in [0.25, 0.3) is 0 Å². The van der Waals surface area contributed by atoms with Gasteiger partial charge in [0.1, 0.15) is 24.8 Å². The van der Waals surface area contributed by atoms with Crippen LogP contribution < -0.4 is 19.3 Å². The van der Waals surface area contributed by atoms with Crippen LogP contribution in [0, 0.1) is 10.8 Å². The minimum absolute atomic E-state index is 0.00699. The summed E-state index contributed by atoms with van der Waals surface area (Å²) in [4.78, 5) is 62.6. The summed E-state index contributed by atoms with van der Waals surface area (Å²) in [5.41, 5.74) is 11.2. The van der Waals surface area contributed by atoms with Crippen molar-refractivity contribution in [2.24, 2.45) is 10.8 Å². The Bertz CT molecular complexity index is 3050. The molecule has 4 aromatic rings. The third kappa shape index (κ3) is 11.4. The third-order valence-corrected chi connectivity index (χ3v) is 21.5. The van der Waals surface area contributed by atoms with Crippen molar-refractivity contribution in [1.29, 1.82) is 0 Å². The molecule has 4 saturated heterocycles. The van der Waals surface area contributed by atoms with Gasteiger partial charge in [-0.2, -0.15) is 19.9 Å². The summed E-state index contributed by atoms with van der Waals surface area (Å²) in [6.07, 6.45) is 27.6. The number of amides is 2. The molecule has 4 fully saturated rings. The Morgan fingerprint density at radius 2 is 1.31 bits per heavy atom. The molecule has 3 aromatic heterocycles. The van der Waals surface area contributed by atoms with E-state index >= 15 is 0 Å². The van der Waals surface area contributed by atoms with Gasteiger partial charge in [0.2, 0.25) is 11.8 Å². The molecular formula is C66H86N10O4S. The van der Waals surface area contributed by atoms with Crippen molar-refractivity contribution in [2.45, 2.75) is 153 Å². The molecule has 7 unspecified atom stereocenters. The smallest absolute Gasteiger partial charge is 0.318 e. The SMILES string of the molecule is C=CCCC1CN(c2nc(OCC3CC(c4cccc5c4CCC4(CCc6c(nc(OCC7CCCN7C)nc6N6CCN(C(=O)C=C)C(C/C=C\C)C6)C4)C5)CN3C)nc3c2CCC2(CCc4ccsc4C2)C3)CCN1C(=O)C=C. The topological polar surface area (TPSA) is 124 Å². The number of aryl methyl sites for hydroxylation is 1. The average Bonchev–Trinajstić information content (AvgIpc) is 4.31. The van der Waals surface area contributed by atoms with Gasteiger partial charge in [0.05, 0.1) is 17.4 Å². The molecule has 0 bridgehead atoms. The van der Waals surface area contributed by atoms with Crippen molar-refractivity contribution in [3.63, 3.8) is 0 Å². The Kier molecular flexibility index (Phi) is 16.3. The molecule has 4 aliphatic heterocycles. The number of likely N-dealkylation sites (tertiary alicyclic amines) is 2. The molecule has 15 heteroatoms. The van der Waals surface area contributed by atoms with Crippen molar-refractivity contribution in [3.8, 4) is 12.0 Å². The number of aromatic nitrogens is 4. The van der Waals surface area contributed by atoms with Crippen LogP contribution in [0.5, 0.6) is 12.0 Å². The maximum Gasteiger partial charge on any atom is 0.318 e. The predicted octanol–water partition coefficient (Wildman–Crippen LogP) is 9.33. The monoisotopic (exact) mass is 1110 g/mol. The first-order chi connectivity index (χ1) is 39.4. The minimum atomic E-state index is -0.00846. The van der Waals surface area contributed by atoms with Crippen molar-refractivity contribution in [1.82, 2.24) is 39.5 Å². The summed E-state index contributed by atoms with van der Waals surface area (Å²) in [6.45, 7) is 21.0. The highest BCUT2D eigenvalue weighted by Gasteiger charge is 2.45. The van der Waals surface area contributed by atoms with E-state index in [1.807, 2.05) is 34.1 Å². The van der Waals surface area contributed by atoms with E-state index in [1.54, 1.807) is 10.4 Å². The number of carbonyl (C=O) groups excluding carboxylic acids is 2. The number of fused-ring (bicyclic) bond motifs is 4. The largest absolute Gasteiger partial charge is 0.462 e. The van der Waals surface area contributed by atoms with Gasteiger partial charge in [0, 0.05) is 79.9 Å². The van der Waals surface area contributed by atoms with Gasteiger partial charge in [0.15, 0.2) is 0 Å². The predicted molar refractivity (Wildman–Crippen MR) is 323 cm³/mol. The Labute approximate surface area is 485 Å². The van der Waals surface area contributed by atoms with Gasteiger partial charge in [-0.1, -0.05) is 49.6 Å². The van der Waals surface area contributed by atoms with Gasteiger partial charge in [-0.25, -0.2) is 0 Å². The Balaban J connectivity index is 0.760. The summed E-state index contributed by atoms with van der Waals surface area (Å²) in [6, 6.07) is 11.1. The number of piperazine rings is 2. The van der Waals surface area contributed by atoms with E-state index < -0.39 is 0 Å². The molecule has 8 aliphatic rings. The van der Waals surface area contributed by atoms with Crippen LogP contribution in [0.4, 0.5) is 11.6 Å². The van der Waals surface area contributed by atoms with Gasteiger partial charge in [-0.3, -0.25) is 14.5 Å². The summed E-state index contributed by atoms with van der Waals surface area (Å²) < 4.78 is 13.4. The Morgan fingerprint density at radius 3 is 1.95 bits per heavy atom. The van der Waals surface area contributed by atoms with Crippen molar-refractivity contribution >= 4 is 34.8 Å². The highest BCUT2D eigenvalue weighted by atomic mass is 32.1. The molecule has 1 aromatic carbocycles. The van der Waals surface area contributed by atoms with Gasteiger partial charge < -0.3 is 34.0 Å². The number of allylic oxidation sites excluding steroid dienone is 2. The molecule has 12 rings (SSSR count). The van der Waals surface area contributed by atoms with E-state index in [4.69, 9.17) is 29.4 Å². The third-order valence-electron chi connectivity index (χ3n) is 20.5. The zero-order chi connectivity index (χ0) is 55.8. The number of carbonyl (C=O) groups is 2. The normalized spacial score (nSPS) is 27.5. The van der Waals surface area contributed by atoms with Crippen LogP contribution in [0.3, 0.4) is 0 Å². The summed E-state index contributed by atoms with van der Waals surface area (Å²) in [7, 11) is 4.45. The molecular weight excluding hydrogens is 1030 g/mol. The zero-order valence-corrected chi connectivity index (χ0v) is 49.4. The second-order valence-corrected chi connectivity index (χ2v) is 26.3. The zero-order valence-electron chi connectivity index (χ0n) is 48.6. The minimum Gasteiger partial charge on any atom is -0.462 e. The lowest BCUT2D eigenvalue weighted by molar-refractivity contribution is -0.129. The molecule has 0 saturated carbocycles. The van der Waals surface area contributed by atoms with Crippen molar-refractivity contribution < 1.29 is 19.1 Å². The number of anilines is 2. The van der Waals surface area contributed by atoms with E-state index in [2.05, 4.69) is 95.2 Å².